The molecule has 0 amide bonds. The quantitative estimate of drug-likeness (QED) is 0.524. The number of para-hydroxylation sites is 1. The van der Waals surface area contributed by atoms with Crippen LogP contribution in [-0.2, 0) is 16.6 Å². The van der Waals surface area contributed by atoms with Crippen LogP contribution >= 0.6 is 11.6 Å². The Morgan fingerprint density at radius 2 is 2.04 bits per heavy atom. The van der Waals surface area contributed by atoms with Crippen molar-refractivity contribution in [2.24, 2.45) is 0 Å². The summed E-state index contributed by atoms with van der Waals surface area (Å²) in [6.07, 6.45) is 1.27. The van der Waals surface area contributed by atoms with Crippen molar-refractivity contribution in [2.45, 2.75) is 11.5 Å². The Hall–Kier alpha value is -2.62. The summed E-state index contributed by atoms with van der Waals surface area (Å²) in [4.78, 5) is 10.0. The van der Waals surface area contributed by atoms with Gasteiger partial charge in [-0.1, -0.05) is 23.7 Å². The van der Waals surface area contributed by atoms with E-state index < -0.39 is 20.6 Å². The summed E-state index contributed by atoms with van der Waals surface area (Å²) in [6, 6.07) is 8.15. The zero-order valence-corrected chi connectivity index (χ0v) is 15.0. The van der Waals surface area contributed by atoms with Crippen molar-refractivity contribution in [2.75, 3.05) is 7.11 Å². The molecule has 0 spiro atoms. The normalized spacial score (nSPS) is 11.7. The lowest BCUT2D eigenvalue weighted by atomic mass is 10.2. The highest BCUT2D eigenvalue weighted by Crippen LogP contribution is 2.34. The monoisotopic (exact) mass is 396 g/mol. The maximum absolute atomic E-state index is 13.1. The number of hydrogen-bond acceptors (Lipinski definition) is 6. The van der Waals surface area contributed by atoms with E-state index in [9.17, 15) is 23.6 Å². The van der Waals surface area contributed by atoms with Crippen LogP contribution < -0.4 is 4.74 Å². The molecule has 0 aliphatic heterocycles. The molecule has 0 fully saturated rings. The fourth-order valence-electron chi connectivity index (χ4n) is 2.67. The van der Waals surface area contributed by atoms with Gasteiger partial charge in [0, 0.05) is 23.2 Å². The van der Waals surface area contributed by atoms with E-state index in [4.69, 9.17) is 16.3 Å². The standard InChI is InChI=1S/C16H13ClN2O6S/c1-25-15-4-2-3-12-10(9-20)8-18(16(12)15)26(23,24)11-5-6-13(17)14(7-11)19(21)22/h2-8,20H,9H2,1H3. The first-order chi connectivity index (χ1) is 12.3. The van der Waals surface area contributed by atoms with E-state index in [-0.39, 0.29) is 27.8 Å². The molecule has 0 bridgehead atoms. The number of aliphatic hydroxyl groups is 1. The highest BCUT2D eigenvalue weighted by Gasteiger charge is 2.26. The molecule has 2 aromatic carbocycles. The van der Waals surface area contributed by atoms with Crippen LogP contribution in [0.15, 0.2) is 47.5 Å². The number of methoxy groups -OCH3 is 1. The van der Waals surface area contributed by atoms with Gasteiger partial charge in [-0.2, -0.15) is 0 Å². The van der Waals surface area contributed by atoms with Crippen molar-refractivity contribution < 1.29 is 23.2 Å². The van der Waals surface area contributed by atoms with Crippen molar-refractivity contribution >= 4 is 38.2 Å². The summed E-state index contributed by atoms with van der Waals surface area (Å²) in [5, 5.41) is 20.9. The Kier molecular flexibility index (Phi) is 4.61. The zero-order valence-electron chi connectivity index (χ0n) is 13.4. The van der Waals surface area contributed by atoms with Gasteiger partial charge in [-0.25, -0.2) is 12.4 Å². The third-order valence-corrected chi connectivity index (χ3v) is 5.87. The second kappa shape index (κ2) is 6.60. The summed E-state index contributed by atoms with van der Waals surface area (Å²) >= 11 is 5.76. The minimum absolute atomic E-state index is 0.167. The second-order valence-corrected chi connectivity index (χ2v) is 7.56. The zero-order chi connectivity index (χ0) is 19.1. The lowest BCUT2D eigenvalue weighted by molar-refractivity contribution is -0.384. The SMILES string of the molecule is COc1cccc2c(CO)cn(S(=O)(=O)c3ccc(Cl)c([N+](=O)[O-])c3)c12. The first-order valence-electron chi connectivity index (χ1n) is 7.28. The number of nitro benzene ring substituents is 1. The van der Waals surface area contributed by atoms with E-state index in [1.54, 1.807) is 18.2 Å². The van der Waals surface area contributed by atoms with Crippen LogP contribution in [0.4, 0.5) is 5.69 Å². The molecule has 0 unspecified atom stereocenters. The predicted molar refractivity (Wildman–Crippen MR) is 95.1 cm³/mol. The maximum Gasteiger partial charge on any atom is 0.289 e. The number of benzene rings is 2. The number of halogens is 1. The molecule has 3 rings (SSSR count). The maximum atomic E-state index is 13.1. The molecule has 1 heterocycles. The average Bonchev–Trinajstić information content (AvgIpc) is 3.01. The number of rotatable bonds is 5. The molecule has 0 aliphatic carbocycles. The van der Waals surface area contributed by atoms with Gasteiger partial charge in [-0.15, -0.1) is 0 Å². The topological polar surface area (TPSA) is 112 Å². The summed E-state index contributed by atoms with van der Waals surface area (Å²) in [7, 11) is -2.80. The van der Waals surface area contributed by atoms with Gasteiger partial charge in [0.25, 0.3) is 15.7 Å². The molecular weight excluding hydrogens is 384 g/mol. The molecule has 1 N–H and O–H groups in total. The van der Waals surface area contributed by atoms with E-state index in [1.807, 2.05) is 0 Å². The molecule has 0 saturated heterocycles. The van der Waals surface area contributed by atoms with Crippen LogP contribution in [-0.4, -0.2) is 29.5 Å². The first-order valence-corrected chi connectivity index (χ1v) is 9.10. The van der Waals surface area contributed by atoms with Gasteiger partial charge in [0.05, 0.1) is 23.5 Å². The predicted octanol–water partition coefficient (Wildman–Crippen LogP) is 2.94. The van der Waals surface area contributed by atoms with Crippen LogP contribution in [0.2, 0.25) is 5.02 Å². The van der Waals surface area contributed by atoms with Crippen molar-refractivity contribution in [3.63, 3.8) is 0 Å². The Labute approximate surface area is 153 Å². The van der Waals surface area contributed by atoms with Crippen LogP contribution in [0.5, 0.6) is 5.75 Å². The van der Waals surface area contributed by atoms with Crippen LogP contribution in [0, 0.1) is 10.1 Å². The van der Waals surface area contributed by atoms with Crippen molar-refractivity contribution in [3.05, 3.63) is 63.3 Å². The first kappa shape index (κ1) is 18.2. The number of ether oxygens (including phenoxy) is 1. The number of nitrogens with zero attached hydrogens (tertiary/aromatic N) is 2. The molecule has 8 nitrogen and oxygen atoms in total. The number of nitro groups is 1. The van der Waals surface area contributed by atoms with E-state index in [2.05, 4.69) is 0 Å². The minimum atomic E-state index is -4.20. The van der Waals surface area contributed by atoms with Crippen molar-refractivity contribution in [1.82, 2.24) is 3.97 Å². The van der Waals surface area contributed by atoms with E-state index in [0.29, 0.717) is 10.9 Å². The summed E-state index contributed by atoms with van der Waals surface area (Å²) < 4.78 is 32.4. The molecule has 0 aliphatic rings. The van der Waals surface area contributed by atoms with E-state index in [0.717, 1.165) is 16.1 Å². The summed E-state index contributed by atoms with van der Waals surface area (Å²) in [6.45, 7) is -0.382. The van der Waals surface area contributed by atoms with Gasteiger partial charge in [0.15, 0.2) is 0 Å². The largest absolute Gasteiger partial charge is 0.495 e. The van der Waals surface area contributed by atoms with Crippen molar-refractivity contribution in [3.8, 4) is 5.75 Å². The Morgan fingerprint density at radius 3 is 2.65 bits per heavy atom. The molecule has 26 heavy (non-hydrogen) atoms. The smallest absolute Gasteiger partial charge is 0.289 e. The second-order valence-electron chi connectivity index (χ2n) is 5.34. The molecule has 3 aromatic rings. The minimum Gasteiger partial charge on any atom is -0.495 e. The molecule has 0 radical (unpaired) electrons. The molecule has 10 heteroatoms. The number of hydrogen-bond donors (Lipinski definition) is 1. The fourth-order valence-corrected chi connectivity index (χ4v) is 4.28. The molecular formula is C16H13ClN2O6S. The van der Waals surface area contributed by atoms with Gasteiger partial charge >= 0.3 is 0 Å². The average molecular weight is 397 g/mol. The van der Waals surface area contributed by atoms with Gasteiger partial charge in [0.1, 0.15) is 16.3 Å². The molecule has 136 valence electrons. The third kappa shape index (κ3) is 2.79. The lowest BCUT2D eigenvalue weighted by Crippen LogP contribution is -2.12. The lowest BCUT2D eigenvalue weighted by Gasteiger charge is -2.10. The summed E-state index contributed by atoms with van der Waals surface area (Å²) in [5.41, 5.74) is 0.0983. The van der Waals surface area contributed by atoms with Crippen LogP contribution in [0.3, 0.4) is 0 Å². The van der Waals surface area contributed by atoms with Gasteiger partial charge in [0.2, 0.25) is 0 Å². The summed E-state index contributed by atoms with van der Waals surface area (Å²) in [5.74, 6) is 0.286. The highest BCUT2D eigenvalue weighted by molar-refractivity contribution is 7.90. The highest BCUT2D eigenvalue weighted by atomic mass is 35.5. The molecule has 0 atom stereocenters. The van der Waals surface area contributed by atoms with Crippen LogP contribution in [0.25, 0.3) is 10.9 Å². The fraction of sp³-hybridized carbons (Fsp3) is 0.125. The number of aliphatic hydroxyl groups excluding tert-OH is 1. The van der Waals surface area contributed by atoms with Gasteiger partial charge in [-0.05, 0) is 18.2 Å². The Balaban J connectivity index is 2.32. The number of fused-ring (bicyclic) bond motifs is 1. The Bertz CT molecular complexity index is 1120. The number of aromatic nitrogens is 1. The van der Waals surface area contributed by atoms with E-state index >= 15 is 0 Å². The van der Waals surface area contributed by atoms with Crippen LogP contribution in [0.1, 0.15) is 5.56 Å². The molecule has 1 aromatic heterocycles. The Morgan fingerprint density at radius 1 is 1.31 bits per heavy atom. The van der Waals surface area contributed by atoms with E-state index in [1.165, 1.54) is 19.4 Å². The van der Waals surface area contributed by atoms with Gasteiger partial charge in [-0.3, -0.25) is 10.1 Å². The van der Waals surface area contributed by atoms with Gasteiger partial charge < -0.3 is 9.84 Å². The molecule has 0 saturated carbocycles. The van der Waals surface area contributed by atoms with Crippen molar-refractivity contribution in [1.29, 1.82) is 0 Å². The third-order valence-electron chi connectivity index (χ3n) is 3.90.